The third kappa shape index (κ3) is 2.18. The van der Waals surface area contributed by atoms with Crippen LogP contribution in [0.1, 0.15) is 59.8 Å². The summed E-state index contributed by atoms with van der Waals surface area (Å²) in [6.45, 7) is 8.24. The number of oxime groups is 1. The molecule has 0 aromatic heterocycles. The van der Waals surface area contributed by atoms with Crippen LogP contribution in [0.15, 0.2) is 16.8 Å². The van der Waals surface area contributed by atoms with E-state index in [1.54, 1.807) is 6.92 Å². The number of aliphatic carboxylic acids is 1. The van der Waals surface area contributed by atoms with Crippen LogP contribution in [0.2, 0.25) is 0 Å². The Bertz CT molecular complexity index is 939. The summed E-state index contributed by atoms with van der Waals surface area (Å²) in [5, 5.41) is 15.4. The maximum absolute atomic E-state index is 13.4. The van der Waals surface area contributed by atoms with Gasteiger partial charge in [-0.2, -0.15) is 0 Å². The van der Waals surface area contributed by atoms with Crippen molar-refractivity contribution in [1.29, 1.82) is 0 Å². The van der Waals surface area contributed by atoms with Gasteiger partial charge in [0.25, 0.3) is 0 Å². The Morgan fingerprint density at radius 2 is 2.09 bits per heavy atom. The Kier molecular flexibility index (Phi) is 4.68. The largest absolute Gasteiger partial charge is 0.481 e. The van der Waals surface area contributed by atoms with Crippen molar-refractivity contribution in [2.45, 2.75) is 65.9 Å². The predicted octanol–water partition coefficient (Wildman–Crippen LogP) is 3.62. The van der Waals surface area contributed by atoms with Crippen LogP contribution in [0, 0.1) is 45.8 Å². The summed E-state index contributed by atoms with van der Waals surface area (Å²) in [4.78, 5) is 44.4. The van der Waals surface area contributed by atoms with Gasteiger partial charge in [0.2, 0.25) is 6.10 Å². The van der Waals surface area contributed by atoms with E-state index in [1.807, 2.05) is 13.8 Å². The van der Waals surface area contributed by atoms with Crippen molar-refractivity contribution in [2.24, 2.45) is 51.0 Å². The molecule has 0 radical (unpaired) electrons. The van der Waals surface area contributed by atoms with Crippen LogP contribution in [0.5, 0.6) is 0 Å². The smallest absolute Gasteiger partial charge is 0.350 e. The average molecular weight is 444 g/mol. The minimum Gasteiger partial charge on any atom is -0.481 e. The van der Waals surface area contributed by atoms with Crippen LogP contribution in [-0.2, 0) is 24.0 Å². The van der Waals surface area contributed by atoms with Gasteiger partial charge in [-0.1, -0.05) is 44.0 Å². The second-order valence-corrected chi connectivity index (χ2v) is 10.9. The Morgan fingerprint density at radius 1 is 1.34 bits per heavy atom. The van der Waals surface area contributed by atoms with Crippen molar-refractivity contribution in [3.8, 4) is 0 Å². The third-order valence-corrected chi connectivity index (χ3v) is 9.66. The zero-order chi connectivity index (χ0) is 23.1. The maximum atomic E-state index is 13.4. The highest BCUT2D eigenvalue weighted by molar-refractivity contribution is 6.05. The van der Waals surface area contributed by atoms with Gasteiger partial charge >= 0.3 is 11.9 Å². The minimum atomic E-state index is -1.34. The predicted molar refractivity (Wildman–Crippen MR) is 116 cm³/mol. The van der Waals surface area contributed by atoms with Crippen molar-refractivity contribution in [1.82, 2.24) is 0 Å². The molecule has 0 aromatic rings. The van der Waals surface area contributed by atoms with Gasteiger partial charge in [-0.05, 0) is 55.8 Å². The van der Waals surface area contributed by atoms with Gasteiger partial charge in [-0.15, -0.1) is 0 Å². The van der Waals surface area contributed by atoms with Crippen molar-refractivity contribution >= 4 is 23.9 Å². The quantitative estimate of drug-likeness (QED) is 0.382. The lowest BCUT2D eigenvalue weighted by Crippen LogP contribution is -2.64. The number of allylic oxidation sites excluding steroid dienone is 1. The van der Waals surface area contributed by atoms with E-state index in [9.17, 15) is 19.5 Å². The topological polar surface area (TPSA) is 102 Å². The number of ether oxygens (including phenoxy) is 1. The molecule has 4 bridgehead atoms. The van der Waals surface area contributed by atoms with E-state index in [0.717, 1.165) is 24.7 Å². The van der Waals surface area contributed by atoms with E-state index in [4.69, 9.17) is 9.57 Å². The number of rotatable bonds is 6. The van der Waals surface area contributed by atoms with Gasteiger partial charge in [0.15, 0.2) is 0 Å². The lowest BCUT2D eigenvalue weighted by molar-refractivity contribution is -0.173. The number of carbonyl (C=O) groups excluding carboxylic acids is 2. The Morgan fingerprint density at radius 3 is 2.72 bits per heavy atom. The third-order valence-electron chi connectivity index (χ3n) is 9.66. The molecule has 1 heterocycles. The molecule has 0 amide bonds. The van der Waals surface area contributed by atoms with E-state index >= 15 is 0 Å². The zero-order valence-electron chi connectivity index (χ0n) is 19.3. The highest BCUT2D eigenvalue weighted by Gasteiger charge is 2.85. The Hall–Kier alpha value is -2.18. The van der Waals surface area contributed by atoms with Crippen molar-refractivity contribution in [3.63, 3.8) is 0 Å². The molecule has 4 aliphatic carbocycles. The molecule has 7 heteroatoms. The molecule has 3 saturated carbocycles. The van der Waals surface area contributed by atoms with Crippen molar-refractivity contribution in [2.75, 3.05) is 6.61 Å². The zero-order valence-corrected chi connectivity index (χ0v) is 19.3. The summed E-state index contributed by atoms with van der Waals surface area (Å²) in [6, 6.07) is 0. The van der Waals surface area contributed by atoms with Gasteiger partial charge in [0, 0.05) is 11.8 Å². The molecule has 5 aliphatic rings. The second kappa shape index (κ2) is 6.91. The van der Waals surface area contributed by atoms with Crippen molar-refractivity contribution < 1.29 is 29.1 Å². The standard InChI is InChI=1S/C25H33NO6/c1-5-31-21(28)19-9-20(26-32-19)24-11-16-14(4)6-7-17(16)23(12-27)10-15(24)8-18(13(2)3)25(23,24)22(29)30/h8,12-17,19H,5-7,9-11H2,1-4H3,(H,29,30)/t14-,15-,16-,17-,19?,23+,24-,25+/m1/s1. The average Bonchev–Trinajstić information content (AvgIpc) is 3.48. The molecule has 0 aromatic carbocycles. The number of esters is 1. The van der Waals surface area contributed by atoms with Gasteiger partial charge in [0.1, 0.15) is 11.7 Å². The summed E-state index contributed by atoms with van der Waals surface area (Å²) in [5.41, 5.74) is -1.63. The van der Waals surface area contributed by atoms with Gasteiger partial charge < -0.3 is 19.5 Å². The SMILES string of the molecule is CCOC(=O)C1CC([C@@]23C[C@@H]4[C@H](C)CC[C@H]4[C@@]4(C=O)C[C@H]2C=C(C(C)C)[C@@]34C(=O)O)=NO1. The molecule has 8 atom stereocenters. The number of hydrogen-bond donors (Lipinski definition) is 1. The molecule has 1 N–H and O–H groups in total. The molecule has 5 rings (SSSR count). The summed E-state index contributed by atoms with van der Waals surface area (Å²) in [6.07, 6.45) is 5.62. The first-order valence-electron chi connectivity index (χ1n) is 12.0. The van der Waals surface area contributed by atoms with Crippen LogP contribution in [0.3, 0.4) is 0 Å². The summed E-state index contributed by atoms with van der Waals surface area (Å²) in [7, 11) is 0. The fourth-order valence-corrected chi connectivity index (χ4v) is 8.72. The lowest BCUT2D eigenvalue weighted by Gasteiger charge is -2.58. The fourth-order valence-electron chi connectivity index (χ4n) is 8.72. The number of carboxylic acids is 1. The summed E-state index contributed by atoms with van der Waals surface area (Å²) < 4.78 is 5.14. The highest BCUT2D eigenvalue weighted by atomic mass is 16.7. The molecule has 0 saturated heterocycles. The number of fused-ring (bicyclic) bond motifs is 2. The first kappa shape index (κ1) is 21.7. The van der Waals surface area contributed by atoms with Gasteiger partial charge in [-0.3, -0.25) is 4.79 Å². The molecule has 0 spiro atoms. The first-order valence-corrected chi connectivity index (χ1v) is 12.0. The van der Waals surface area contributed by atoms with Crippen LogP contribution in [0.25, 0.3) is 0 Å². The van der Waals surface area contributed by atoms with E-state index in [-0.39, 0.29) is 36.7 Å². The van der Waals surface area contributed by atoms with Crippen LogP contribution in [-0.4, -0.2) is 41.8 Å². The number of carbonyl (C=O) groups is 3. The lowest BCUT2D eigenvalue weighted by atomic mass is 9.41. The normalized spacial score (nSPS) is 45.8. The molecule has 174 valence electrons. The fraction of sp³-hybridized carbons (Fsp3) is 0.760. The van der Waals surface area contributed by atoms with Gasteiger partial charge in [-0.25, -0.2) is 4.79 Å². The summed E-state index contributed by atoms with van der Waals surface area (Å²) in [5.74, 6) is -0.744. The van der Waals surface area contributed by atoms with E-state index in [1.165, 1.54) is 0 Å². The summed E-state index contributed by atoms with van der Waals surface area (Å²) >= 11 is 0. The van der Waals surface area contributed by atoms with Crippen LogP contribution >= 0.6 is 0 Å². The maximum Gasteiger partial charge on any atom is 0.350 e. The Balaban J connectivity index is 1.70. The molecule has 1 aliphatic heterocycles. The number of aldehydes is 1. The number of hydrogen-bond acceptors (Lipinski definition) is 6. The highest BCUT2D eigenvalue weighted by Crippen LogP contribution is 2.83. The Labute approximate surface area is 188 Å². The van der Waals surface area contributed by atoms with Crippen LogP contribution in [0.4, 0.5) is 0 Å². The second-order valence-electron chi connectivity index (χ2n) is 10.9. The van der Waals surface area contributed by atoms with E-state index in [0.29, 0.717) is 24.5 Å². The van der Waals surface area contributed by atoms with Crippen LogP contribution < -0.4 is 0 Å². The number of nitrogens with zero attached hydrogens (tertiary/aromatic N) is 1. The molecular weight excluding hydrogens is 410 g/mol. The van der Waals surface area contributed by atoms with E-state index < -0.39 is 34.3 Å². The molecular formula is C25H33NO6. The molecule has 3 fully saturated rings. The van der Waals surface area contributed by atoms with E-state index in [2.05, 4.69) is 18.2 Å². The monoisotopic (exact) mass is 443 g/mol. The molecule has 7 nitrogen and oxygen atoms in total. The minimum absolute atomic E-state index is 0.00532. The van der Waals surface area contributed by atoms with Gasteiger partial charge in [0.05, 0.1) is 17.7 Å². The number of carboxylic acid groups (broad SMARTS) is 1. The van der Waals surface area contributed by atoms with Crippen molar-refractivity contribution in [3.05, 3.63) is 11.6 Å². The molecule has 32 heavy (non-hydrogen) atoms. The first-order chi connectivity index (χ1) is 15.2. The molecule has 1 unspecified atom stereocenters.